The Kier molecular flexibility index (Phi) is 7.90. The Morgan fingerprint density at radius 1 is 1.19 bits per heavy atom. The number of carbonyl (C=O) groups is 2. The number of halogens is 1. The first-order valence-corrected chi connectivity index (χ1v) is 9.42. The fourth-order valence-corrected chi connectivity index (χ4v) is 3.24. The summed E-state index contributed by atoms with van der Waals surface area (Å²) in [7, 11) is 0. The van der Waals surface area contributed by atoms with Crippen molar-refractivity contribution in [2.24, 2.45) is 5.73 Å². The molecule has 1 aliphatic heterocycles. The predicted molar refractivity (Wildman–Crippen MR) is 100 cm³/mol. The fraction of sp³-hybridized carbons (Fsp3) is 0.722. The van der Waals surface area contributed by atoms with Crippen molar-refractivity contribution in [2.75, 3.05) is 19.6 Å². The monoisotopic (exact) mass is 384 g/mol. The Morgan fingerprint density at radius 3 is 2.58 bits per heavy atom. The van der Waals surface area contributed by atoms with Crippen LogP contribution in [-0.4, -0.2) is 47.5 Å². The van der Waals surface area contributed by atoms with E-state index in [0.29, 0.717) is 37.7 Å². The molecule has 1 aromatic rings. The first-order valence-electron chi connectivity index (χ1n) is 9.42. The number of piperidine rings is 1. The molecule has 1 aliphatic carbocycles. The van der Waals surface area contributed by atoms with Crippen molar-refractivity contribution >= 4 is 24.2 Å². The lowest BCUT2D eigenvalue weighted by atomic mass is 10.0. The lowest BCUT2D eigenvalue weighted by Crippen LogP contribution is -2.46. The van der Waals surface area contributed by atoms with Crippen molar-refractivity contribution in [3.8, 4) is 0 Å². The highest BCUT2D eigenvalue weighted by molar-refractivity contribution is 5.92. The van der Waals surface area contributed by atoms with Gasteiger partial charge < -0.3 is 20.5 Å². The summed E-state index contributed by atoms with van der Waals surface area (Å²) in [5.74, 6) is 1.31. The first kappa shape index (κ1) is 20.7. The van der Waals surface area contributed by atoms with Crippen LogP contribution < -0.4 is 11.1 Å². The Balaban J connectivity index is 0.00000243. The highest BCUT2D eigenvalue weighted by Gasteiger charge is 2.30. The zero-order valence-corrected chi connectivity index (χ0v) is 15.9. The van der Waals surface area contributed by atoms with Crippen LogP contribution in [0.25, 0.3) is 0 Å². The number of nitrogens with one attached hydrogen (secondary N) is 1. The second kappa shape index (κ2) is 9.92. The summed E-state index contributed by atoms with van der Waals surface area (Å²) in [5.41, 5.74) is 5.83. The maximum absolute atomic E-state index is 12.3. The standard InChI is InChI=1S/C18H28N4O3.ClH/c19-9-3-1-2-4-17(23)22-10-7-14(8-11-22)20-18(24)15-12-16(25-21-15)13-5-6-13;/h12-14H,1-11,19H2,(H,20,24);1H. The van der Waals surface area contributed by atoms with Crippen LogP contribution in [0.1, 0.15) is 73.5 Å². The van der Waals surface area contributed by atoms with E-state index in [1.165, 1.54) is 0 Å². The minimum atomic E-state index is -0.179. The van der Waals surface area contributed by atoms with Crippen molar-refractivity contribution in [1.82, 2.24) is 15.4 Å². The molecular formula is C18H29ClN4O3. The first-order chi connectivity index (χ1) is 12.2. The molecule has 2 fully saturated rings. The molecule has 0 spiro atoms. The van der Waals surface area contributed by atoms with Gasteiger partial charge in [-0.25, -0.2) is 0 Å². The summed E-state index contributed by atoms with van der Waals surface area (Å²) < 4.78 is 5.23. The summed E-state index contributed by atoms with van der Waals surface area (Å²) in [6.07, 6.45) is 7.30. The molecule has 3 rings (SSSR count). The maximum atomic E-state index is 12.3. The molecule has 0 aromatic carbocycles. The average molecular weight is 385 g/mol. The van der Waals surface area contributed by atoms with Crippen molar-refractivity contribution in [2.45, 2.75) is 63.3 Å². The van der Waals surface area contributed by atoms with Crippen LogP contribution in [0, 0.1) is 0 Å². The lowest BCUT2D eigenvalue weighted by Gasteiger charge is -2.32. The molecule has 3 N–H and O–H groups in total. The van der Waals surface area contributed by atoms with Crippen LogP contribution in [0.5, 0.6) is 0 Å². The van der Waals surface area contributed by atoms with Crippen LogP contribution in [0.15, 0.2) is 10.6 Å². The smallest absolute Gasteiger partial charge is 0.273 e. The number of nitrogens with two attached hydrogens (primary N) is 1. The summed E-state index contributed by atoms with van der Waals surface area (Å²) in [6.45, 7) is 2.09. The Morgan fingerprint density at radius 2 is 1.92 bits per heavy atom. The Bertz CT molecular complexity index is 595. The van der Waals surface area contributed by atoms with Crippen LogP contribution >= 0.6 is 12.4 Å². The molecule has 146 valence electrons. The number of likely N-dealkylation sites (tertiary alicyclic amines) is 1. The fourth-order valence-electron chi connectivity index (χ4n) is 3.24. The van der Waals surface area contributed by atoms with E-state index in [2.05, 4.69) is 10.5 Å². The number of unbranched alkanes of at least 4 members (excludes halogenated alkanes) is 2. The molecule has 2 aliphatic rings. The van der Waals surface area contributed by atoms with Crippen LogP contribution in [0.4, 0.5) is 0 Å². The van der Waals surface area contributed by atoms with Gasteiger partial charge in [-0.05, 0) is 45.1 Å². The van der Waals surface area contributed by atoms with Crippen molar-refractivity contribution in [3.05, 3.63) is 17.5 Å². The summed E-state index contributed by atoms with van der Waals surface area (Å²) in [4.78, 5) is 26.3. The van der Waals surface area contributed by atoms with Gasteiger partial charge in [-0.15, -0.1) is 12.4 Å². The van der Waals surface area contributed by atoms with Gasteiger partial charge >= 0.3 is 0 Å². The molecule has 0 atom stereocenters. The molecule has 0 radical (unpaired) electrons. The van der Waals surface area contributed by atoms with E-state index in [0.717, 1.165) is 50.7 Å². The third-order valence-electron chi connectivity index (χ3n) is 5.02. The van der Waals surface area contributed by atoms with Gasteiger partial charge in [0.2, 0.25) is 5.91 Å². The zero-order valence-electron chi connectivity index (χ0n) is 15.1. The third kappa shape index (κ3) is 5.71. The minimum Gasteiger partial charge on any atom is -0.360 e. The number of hydrogen-bond donors (Lipinski definition) is 2. The average Bonchev–Trinajstić information content (AvgIpc) is 3.36. The number of rotatable bonds is 8. The summed E-state index contributed by atoms with van der Waals surface area (Å²) in [5, 5.41) is 6.89. The molecule has 1 aromatic heterocycles. The second-order valence-electron chi connectivity index (χ2n) is 7.12. The van der Waals surface area contributed by atoms with Gasteiger partial charge in [0.15, 0.2) is 5.69 Å². The Labute approximate surface area is 160 Å². The van der Waals surface area contributed by atoms with Gasteiger partial charge in [0.05, 0.1) is 0 Å². The van der Waals surface area contributed by atoms with Crippen molar-refractivity contribution in [3.63, 3.8) is 0 Å². The number of aromatic nitrogens is 1. The largest absolute Gasteiger partial charge is 0.360 e. The second-order valence-corrected chi connectivity index (χ2v) is 7.12. The molecule has 7 nitrogen and oxygen atoms in total. The normalized spacial score (nSPS) is 17.7. The Hall–Kier alpha value is -1.60. The third-order valence-corrected chi connectivity index (χ3v) is 5.02. The molecule has 1 saturated heterocycles. The molecule has 2 amide bonds. The predicted octanol–water partition coefficient (Wildman–Crippen LogP) is 2.21. The van der Waals surface area contributed by atoms with Crippen molar-refractivity contribution in [1.29, 1.82) is 0 Å². The lowest BCUT2D eigenvalue weighted by molar-refractivity contribution is -0.132. The van der Waals surface area contributed by atoms with E-state index in [1.807, 2.05) is 4.90 Å². The van der Waals surface area contributed by atoms with Gasteiger partial charge in [0, 0.05) is 37.5 Å². The van der Waals surface area contributed by atoms with E-state index in [1.54, 1.807) is 6.07 Å². The quantitative estimate of drug-likeness (QED) is 0.669. The van der Waals surface area contributed by atoms with Crippen LogP contribution in [0.3, 0.4) is 0 Å². The van der Waals surface area contributed by atoms with Gasteiger partial charge in [-0.1, -0.05) is 11.6 Å². The topological polar surface area (TPSA) is 101 Å². The zero-order chi connectivity index (χ0) is 17.6. The van der Waals surface area contributed by atoms with Gasteiger partial charge in [-0.3, -0.25) is 9.59 Å². The van der Waals surface area contributed by atoms with E-state index in [-0.39, 0.29) is 30.3 Å². The van der Waals surface area contributed by atoms with Gasteiger partial charge in [0.25, 0.3) is 5.91 Å². The highest BCUT2D eigenvalue weighted by Crippen LogP contribution is 2.40. The summed E-state index contributed by atoms with van der Waals surface area (Å²) in [6, 6.07) is 1.85. The number of carbonyl (C=O) groups excluding carboxylic acids is 2. The number of hydrogen-bond acceptors (Lipinski definition) is 5. The van der Waals surface area contributed by atoms with Crippen LogP contribution in [0.2, 0.25) is 0 Å². The minimum absolute atomic E-state index is 0. The highest BCUT2D eigenvalue weighted by atomic mass is 35.5. The molecule has 26 heavy (non-hydrogen) atoms. The van der Waals surface area contributed by atoms with E-state index < -0.39 is 0 Å². The SMILES string of the molecule is Cl.NCCCCCC(=O)N1CCC(NC(=O)c2cc(C3CC3)on2)CC1. The van der Waals surface area contributed by atoms with E-state index in [9.17, 15) is 9.59 Å². The molecule has 8 heteroatoms. The number of amides is 2. The van der Waals surface area contributed by atoms with E-state index in [4.69, 9.17) is 10.3 Å². The van der Waals surface area contributed by atoms with Gasteiger partial charge in [-0.2, -0.15) is 0 Å². The summed E-state index contributed by atoms with van der Waals surface area (Å²) >= 11 is 0. The van der Waals surface area contributed by atoms with E-state index >= 15 is 0 Å². The van der Waals surface area contributed by atoms with Crippen LogP contribution in [-0.2, 0) is 4.79 Å². The maximum Gasteiger partial charge on any atom is 0.273 e. The molecule has 0 bridgehead atoms. The molecular weight excluding hydrogens is 356 g/mol. The van der Waals surface area contributed by atoms with Crippen molar-refractivity contribution < 1.29 is 14.1 Å². The molecule has 0 unspecified atom stereocenters. The number of nitrogens with zero attached hydrogens (tertiary/aromatic N) is 2. The van der Waals surface area contributed by atoms with Gasteiger partial charge in [0.1, 0.15) is 5.76 Å². The molecule has 2 heterocycles. The molecule has 1 saturated carbocycles.